The van der Waals surface area contributed by atoms with E-state index in [0.29, 0.717) is 12.0 Å². The molecule has 0 unspecified atom stereocenters. The first-order valence-electron chi connectivity index (χ1n) is 6.97. The molecule has 1 fully saturated rings. The van der Waals surface area contributed by atoms with Crippen LogP contribution < -0.4 is 5.73 Å². The molecule has 0 bridgehead atoms. The fraction of sp³-hybridized carbons (Fsp3) is 0.375. The summed E-state index contributed by atoms with van der Waals surface area (Å²) in [5.74, 6) is 1.46. The SMILES string of the molecule is NC1CCC(c2nccc(-c3ccccc3)n2)CC1. The molecule has 0 spiro atoms. The summed E-state index contributed by atoms with van der Waals surface area (Å²) in [7, 11) is 0. The maximum atomic E-state index is 5.96. The zero-order valence-electron chi connectivity index (χ0n) is 11.0. The number of hydrogen-bond acceptors (Lipinski definition) is 3. The van der Waals surface area contributed by atoms with Crippen molar-refractivity contribution in [2.75, 3.05) is 0 Å². The number of aromatic nitrogens is 2. The second-order valence-corrected chi connectivity index (χ2v) is 5.28. The Morgan fingerprint density at radius 2 is 1.68 bits per heavy atom. The van der Waals surface area contributed by atoms with E-state index in [1.165, 1.54) is 0 Å². The topological polar surface area (TPSA) is 51.8 Å². The van der Waals surface area contributed by atoms with E-state index in [1.807, 2.05) is 30.5 Å². The fourth-order valence-corrected chi connectivity index (χ4v) is 2.72. The van der Waals surface area contributed by atoms with Crippen LogP contribution in [0.25, 0.3) is 11.3 Å². The summed E-state index contributed by atoms with van der Waals surface area (Å²) in [5, 5.41) is 0. The fourth-order valence-electron chi connectivity index (χ4n) is 2.72. The van der Waals surface area contributed by atoms with E-state index in [-0.39, 0.29) is 0 Å². The molecule has 0 radical (unpaired) electrons. The summed E-state index contributed by atoms with van der Waals surface area (Å²) in [6.45, 7) is 0. The van der Waals surface area contributed by atoms with Crippen LogP contribution in [-0.2, 0) is 0 Å². The predicted molar refractivity (Wildman–Crippen MR) is 76.7 cm³/mol. The Morgan fingerprint density at radius 1 is 0.947 bits per heavy atom. The minimum atomic E-state index is 0.369. The van der Waals surface area contributed by atoms with Crippen molar-refractivity contribution in [1.29, 1.82) is 0 Å². The summed E-state index contributed by atoms with van der Waals surface area (Å²) < 4.78 is 0. The average molecular weight is 253 g/mol. The molecule has 3 nitrogen and oxygen atoms in total. The van der Waals surface area contributed by atoms with Crippen molar-refractivity contribution in [3.8, 4) is 11.3 Å². The summed E-state index contributed by atoms with van der Waals surface area (Å²) >= 11 is 0. The quantitative estimate of drug-likeness (QED) is 0.894. The molecule has 0 amide bonds. The van der Waals surface area contributed by atoms with E-state index in [1.54, 1.807) is 0 Å². The van der Waals surface area contributed by atoms with Crippen molar-refractivity contribution in [3.63, 3.8) is 0 Å². The van der Waals surface area contributed by atoms with E-state index < -0.39 is 0 Å². The number of rotatable bonds is 2. The van der Waals surface area contributed by atoms with Crippen molar-refractivity contribution in [3.05, 3.63) is 48.4 Å². The molecule has 98 valence electrons. The highest BCUT2D eigenvalue weighted by Gasteiger charge is 2.22. The monoisotopic (exact) mass is 253 g/mol. The molecule has 0 atom stereocenters. The largest absolute Gasteiger partial charge is 0.328 e. The average Bonchev–Trinajstić information content (AvgIpc) is 2.49. The molecule has 1 aliphatic rings. The third kappa shape index (κ3) is 2.82. The lowest BCUT2D eigenvalue weighted by molar-refractivity contribution is 0.385. The van der Waals surface area contributed by atoms with Crippen LogP contribution in [0.5, 0.6) is 0 Å². The van der Waals surface area contributed by atoms with Crippen molar-refractivity contribution in [2.45, 2.75) is 37.6 Å². The highest BCUT2D eigenvalue weighted by molar-refractivity contribution is 5.58. The van der Waals surface area contributed by atoms with Gasteiger partial charge in [-0.3, -0.25) is 0 Å². The standard InChI is InChI=1S/C16H19N3/c17-14-8-6-13(7-9-14)16-18-11-10-15(19-16)12-4-2-1-3-5-12/h1-5,10-11,13-14H,6-9,17H2. The van der Waals surface area contributed by atoms with Crippen molar-refractivity contribution in [2.24, 2.45) is 5.73 Å². The number of benzene rings is 1. The van der Waals surface area contributed by atoms with Gasteiger partial charge in [0.15, 0.2) is 0 Å². The predicted octanol–water partition coefficient (Wildman–Crippen LogP) is 3.13. The Morgan fingerprint density at radius 3 is 2.42 bits per heavy atom. The van der Waals surface area contributed by atoms with Crippen molar-refractivity contribution >= 4 is 0 Å². The van der Waals surface area contributed by atoms with Gasteiger partial charge < -0.3 is 5.73 Å². The van der Waals surface area contributed by atoms with Crippen LogP contribution >= 0.6 is 0 Å². The molecule has 1 heterocycles. The van der Waals surface area contributed by atoms with Gasteiger partial charge in [0.1, 0.15) is 5.82 Å². The zero-order chi connectivity index (χ0) is 13.1. The maximum absolute atomic E-state index is 5.96. The van der Waals surface area contributed by atoms with Crippen LogP contribution in [0.3, 0.4) is 0 Å². The lowest BCUT2D eigenvalue weighted by atomic mass is 9.86. The summed E-state index contributed by atoms with van der Waals surface area (Å²) in [5.41, 5.74) is 8.12. The van der Waals surface area contributed by atoms with Crippen LogP contribution in [0.4, 0.5) is 0 Å². The minimum absolute atomic E-state index is 0.369. The highest BCUT2D eigenvalue weighted by Crippen LogP contribution is 2.30. The molecule has 1 aliphatic carbocycles. The molecule has 3 rings (SSSR count). The van der Waals surface area contributed by atoms with Crippen LogP contribution in [-0.4, -0.2) is 16.0 Å². The molecule has 2 N–H and O–H groups in total. The second kappa shape index (κ2) is 5.49. The van der Waals surface area contributed by atoms with Gasteiger partial charge >= 0.3 is 0 Å². The van der Waals surface area contributed by atoms with Crippen LogP contribution in [0.2, 0.25) is 0 Å². The smallest absolute Gasteiger partial charge is 0.132 e. The Balaban J connectivity index is 1.84. The van der Waals surface area contributed by atoms with Gasteiger partial charge in [-0.1, -0.05) is 30.3 Å². The maximum Gasteiger partial charge on any atom is 0.132 e. The molecule has 0 saturated heterocycles. The van der Waals surface area contributed by atoms with Gasteiger partial charge in [0.25, 0.3) is 0 Å². The second-order valence-electron chi connectivity index (χ2n) is 5.28. The molecular weight excluding hydrogens is 234 g/mol. The van der Waals surface area contributed by atoms with Gasteiger partial charge in [-0.25, -0.2) is 9.97 Å². The number of hydrogen-bond donors (Lipinski definition) is 1. The first-order valence-corrected chi connectivity index (χ1v) is 6.97. The molecule has 1 aromatic heterocycles. The Hall–Kier alpha value is -1.74. The number of nitrogens with two attached hydrogens (primary N) is 1. The van der Waals surface area contributed by atoms with Crippen LogP contribution in [0.1, 0.15) is 37.4 Å². The van der Waals surface area contributed by atoms with E-state index in [2.05, 4.69) is 17.1 Å². The Bertz CT molecular complexity index is 531. The van der Waals surface area contributed by atoms with Gasteiger partial charge in [-0.05, 0) is 31.7 Å². The van der Waals surface area contributed by atoms with Crippen LogP contribution in [0, 0.1) is 0 Å². The molecule has 0 aliphatic heterocycles. The third-order valence-corrected chi connectivity index (χ3v) is 3.88. The number of nitrogens with zero attached hydrogens (tertiary/aromatic N) is 2. The molecular formula is C16H19N3. The molecule has 1 aromatic carbocycles. The van der Waals surface area contributed by atoms with E-state index >= 15 is 0 Å². The molecule has 2 aromatic rings. The lowest BCUT2D eigenvalue weighted by Gasteiger charge is -2.25. The third-order valence-electron chi connectivity index (χ3n) is 3.88. The lowest BCUT2D eigenvalue weighted by Crippen LogP contribution is -2.26. The summed E-state index contributed by atoms with van der Waals surface area (Å²) in [6.07, 6.45) is 6.27. The Labute approximate surface area is 113 Å². The van der Waals surface area contributed by atoms with Gasteiger partial charge in [0, 0.05) is 23.7 Å². The van der Waals surface area contributed by atoms with E-state index in [0.717, 1.165) is 42.8 Å². The van der Waals surface area contributed by atoms with E-state index in [9.17, 15) is 0 Å². The normalized spacial score (nSPS) is 23.2. The van der Waals surface area contributed by atoms with Gasteiger partial charge in [0.05, 0.1) is 5.69 Å². The van der Waals surface area contributed by atoms with Gasteiger partial charge in [-0.2, -0.15) is 0 Å². The first kappa shape index (κ1) is 12.3. The molecule has 19 heavy (non-hydrogen) atoms. The zero-order valence-corrected chi connectivity index (χ0v) is 11.0. The van der Waals surface area contributed by atoms with Crippen molar-refractivity contribution < 1.29 is 0 Å². The van der Waals surface area contributed by atoms with E-state index in [4.69, 9.17) is 10.7 Å². The highest BCUT2D eigenvalue weighted by atomic mass is 14.9. The van der Waals surface area contributed by atoms with Gasteiger partial charge in [-0.15, -0.1) is 0 Å². The van der Waals surface area contributed by atoms with Crippen LogP contribution in [0.15, 0.2) is 42.6 Å². The molecule has 3 heteroatoms. The molecule has 1 saturated carbocycles. The first-order chi connectivity index (χ1) is 9.33. The Kier molecular flexibility index (Phi) is 3.56. The van der Waals surface area contributed by atoms with Crippen molar-refractivity contribution in [1.82, 2.24) is 9.97 Å². The minimum Gasteiger partial charge on any atom is -0.328 e. The summed E-state index contributed by atoms with van der Waals surface area (Å²) in [4.78, 5) is 9.20. The van der Waals surface area contributed by atoms with Gasteiger partial charge in [0.2, 0.25) is 0 Å². The summed E-state index contributed by atoms with van der Waals surface area (Å²) in [6, 6.07) is 12.6.